The van der Waals surface area contributed by atoms with Gasteiger partial charge in [-0.15, -0.1) is 0 Å². The predicted molar refractivity (Wildman–Crippen MR) is 114 cm³/mol. The number of nitrogens with one attached hydrogen (secondary N) is 1. The van der Waals surface area contributed by atoms with E-state index in [0.717, 1.165) is 15.7 Å². The zero-order valence-electron chi connectivity index (χ0n) is 16.8. The number of imide groups is 1. The Kier molecular flexibility index (Phi) is 4.75. The number of benzene rings is 3. The van der Waals surface area contributed by atoms with Gasteiger partial charge in [0.15, 0.2) is 5.54 Å². The van der Waals surface area contributed by atoms with Gasteiger partial charge in [0.25, 0.3) is 5.91 Å². The monoisotopic (exact) mass is 418 g/mol. The molecule has 158 valence electrons. The number of hydrogen-bond acceptors (Lipinski definition) is 5. The standard InChI is InChI=1S/C24H22N2O5/c27-17(15-31-20-11-5-7-16-6-1-2-8-18(16)20)14-26-22(28)24(25-23(26)29)12-13-30-21-10-4-3-9-19(21)24/h1-11,17,27H,12-15H2,(H,25,29). The van der Waals surface area contributed by atoms with Crippen molar-refractivity contribution in [3.8, 4) is 11.5 Å². The number of aliphatic hydroxyl groups is 1. The average Bonchev–Trinajstić information content (AvgIpc) is 3.02. The van der Waals surface area contributed by atoms with Crippen LogP contribution in [0, 0.1) is 0 Å². The van der Waals surface area contributed by atoms with Crippen LogP contribution in [0.25, 0.3) is 10.8 Å². The first-order valence-corrected chi connectivity index (χ1v) is 10.2. The number of hydrogen-bond donors (Lipinski definition) is 2. The molecule has 0 bridgehead atoms. The summed E-state index contributed by atoms with van der Waals surface area (Å²) < 4.78 is 11.5. The lowest BCUT2D eigenvalue weighted by Gasteiger charge is -2.33. The Morgan fingerprint density at radius 3 is 2.74 bits per heavy atom. The lowest BCUT2D eigenvalue weighted by atomic mass is 9.84. The lowest BCUT2D eigenvalue weighted by molar-refractivity contribution is -0.133. The van der Waals surface area contributed by atoms with E-state index in [4.69, 9.17) is 9.47 Å². The van der Waals surface area contributed by atoms with Gasteiger partial charge in [-0.3, -0.25) is 9.69 Å². The van der Waals surface area contributed by atoms with Crippen LogP contribution in [0.4, 0.5) is 4.79 Å². The number of fused-ring (bicyclic) bond motifs is 3. The molecule has 0 aromatic heterocycles. The summed E-state index contributed by atoms with van der Waals surface area (Å²) in [6.45, 7) is 0.127. The van der Waals surface area contributed by atoms with E-state index in [1.807, 2.05) is 54.6 Å². The van der Waals surface area contributed by atoms with Crippen molar-refractivity contribution in [2.24, 2.45) is 0 Å². The number of amides is 3. The Labute approximate surface area is 179 Å². The highest BCUT2D eigenvalue weighted by atomic mass is 16.5. The molecular formula is C24H22N2O5. The fourth-order valence-electron chi connectivity index (χ4n) is 4.31. The number of carbonyl (C=O) groups is 2. The Bertz CT molecular complexity index is 1160. The lowest BCUT2D eigenvalue weighted by Crippen LogP contribution is -2.48. The van der Waals surface area contributed by atoms with E-state index in [0.29, 0.717) is 30.1 Å². The molecule has 2 N–H and O–H groups in total. The maximum Gasteiger partial charge on any atom is 0.325 e. The second-order valence-electron chi connectivity index (χ2n) is 7.79. The summed E-state index contributed by atoms with van der Waals surface area (Å²) in [4.78, 5) is 27.0. The molecule has 3 aromatic carbocycles. The maximum atomic E-state index is 13.3. The molecule has 3 amide bonds. The third-order valence-electron chi connectivity index (χ3n) is 5.83. The van der Waals surface area contributed by atoms with E-state index in [1.165, 1.54) is 0 Å². The number of carbonyl (C=O) groups excluding carboxylic acids is 2. The van der Waals surface area contributed by atoms with Gasteiger partial charge in [-0.25, -0.2) is 4.79 Å². The van der Waals surface area contributed by atoms with Crippen molar-refractivity contribution in [2.45, 2.75) is 18.1 Å². The number of rotatable bonds is 5. The zero-order chi connectivity index (χ0) is 21.4. The molecule has 31 heavy (non-hydrogen) atoms. The first-order chi connectivity index (χ1) is 15.1. The second kappa shape index (κ2) is 7.59. The normalized spacial score (nSPS) is 21.0. The van der Waals surface area contributed by atoms with E-state index < -0.39 is 17.7 Å². The van der Waals surface area contributed by atoms with Crippen LogP contribution in [-0.2, 0) is 10.3 Å². The number of ether oxygens (including phenoxy) is 2. The predicted octanol–water partition coefficient (Wildman–Crippen LogP) is 2.81. The zero-order valence-corrected chi connectivity index (χ0v) is 16.8. The summed E-state index contributed by atoms with van der Waals surface area (Å²) in [6.07, 6.45) is -0.688. The van der Waals surface area contributed by atoms with Gasteiger partial charge in [0, 0.05) is 17.4 Å². The Balaban J connectivity index is 1.30. The summed E-state index contributed by atoms with van der Waals surface area (Å²) in [5.74, 6) is 0.853. The Morgan fingerprint density at radius 2 is 1.84 bits per heavy atom. The smallest absolute Gasteiger partial charge is 0.325 e. The molecule has 1 spiro atoms. The molecule has 2 aliphatic rings. The summed E-state index contributed by atoms with van der Waals surface area (Å²) in [5, 5.41) is 15.3. The first kappa shape index (κ1) is 19.4. The van der Waals surface area contributed by atoms with Crippen molar-refractivity contribution >= 4 is 22.7 Å². The van der Waals surface area contributed by atoms with Crippen LogP contribution in [0.2, 0.25) is 0 Å². The number of β-amino-alcohol motifs (C(OH)–C–C–N with tert-alkyl or cyclic N) is 1. The molecule has 2 unspecified atom stereocenters. The molecule has 2 atom stereocenters. The highest BCUT2D eigenvalue weighted by Crippen LogP contribution is 2.41. The van der Waals surface area contributed by atoms with E-state index in [-0.39, 0.29) is 19.1 Å². The Hall–Kier alpha value is -3.58. The summed E-state index contributed by atoms with van der Waals surface area (Å²) in [6, 6.07) is 20.2. The largest absolute Gasteiger partial charge is 0.493 e. The van der Waals surface area contributed by atoms with Crippen molar-refractivity contribution in [1.82, 2.24) is 10.2 Å². The molecule has 7 nitrogen and oxygen atoms in total. The minimum Gasteiger partial charge on any atom is -0.493 e. The molecule has 1 saturated heterocycles. The quantitative estimate of drug-likeness (QED) is 0.622. The topological polar surface area (TPSA) is 88.1 Å². The number of nitrogens with zero attached hydrogens (tertiary/aromatic N) is 1. The van der Waals surface area contributed by atoms with Crippen LogP contribution in [0.15, 0.2) is 66.7 Å². The third-order valence-corrected chi connectivity index (χ3v) is 5.83. The van der Waals surface area contributed by atoms with Gasteiger partial charge in [-0.1, -0.05) is 54.6 Å². The molecular weight excluding hydrogens is 396 g/mol. The van der Waals surface area contributed by atoms with Crippen molar-refractivity contribution in [2.75, 3.05) is 19.8 Å². The first-order valence-electron chi connectivity index (χ1n) is 10.2. The van der Waals surface area contributed by atoms with Gasteiger partial charge in [0.05, 0.1) is 13.2 Å². The van der Waals surface area contributed by atoms with Crippen LogP contribution in [0.3, 0.4) is 0 Å². The van der Waals surface area contributed by atoms with Crippen molar-refractivity contribution in [3.05, 3.63) is 72.3 Å². The van der Waals surface area contributed by atoms with Crippen LogP contribution < -0.4 is 14.8 Å². The second-order valence-corrected chi connectivity index (χ2v) is 7.79. The van der Waals surface area contributed by atoms with Crippen LogP contribution in [0.5, 0.6) is 11.5 Å². The third kappa shape index (κ3) is 3.27. The molecule has 1 fully saturated rings. The minimum atomic E-state index is -1.15. The van der Waals surface area contributed by atoms with Crippen LogP contribution >= 0.6 is 0 Å². The van der Waals surface area contributed by atoms with E-state index in [1.54, 1.807) is 12.1 Å². The average molecular weight is 418 g/mol. The van der Waals surface area contributed by atoms with E-state index >= 15 is 0 Å². The molecule has 2 aliphatic heterocycles. The number of urea groups is 1. The SMILES string of the molecule is O=C1NC2(CCOc3ccccc32)C(=O)N1CC(O)COc1cccc2ccccc12. The van der Waals surface area contributed by atoms with Gasteiger partial charge >= 0.3 is 6.03 Å². The van der Waals surface area contributed by atoms with Crippen molar-refractivity contribution in [3.63, 3.8) is 0 Å². The Morgan fingerprint density at radius 1 is 1.06 bits per heavy atom. The van der Waals surface area contributed by atoms with Gasteiger partial charge in [0.2, 0.25) is 0 Å². The van der Waals surface area contributed by atoms with Gasteiger partial charge in [0.1, 0.15) is 24.2 Å². The highest BCUT2D eigenvalue weighted by molar-refractivity contribution is 6.08. The maximum absolute atomic E-state index is 13.3. The van der Waals surface area contributed by atoms with Crippen molar-refractivity contribution in [1.29, 1.82) is 0 Å². The molecule has 2 heterocycles. The number of para-hydroxylation sites is 1. The minimum absolute atomic E-state index is 0.0439. The van der Waals surface area contributed by atoms with Gasteiger partial charge < -0.3 is 19.9 Å². The van der Waals surface area contributed by atoms with Crippen LogP contribution in [0.1, 0.15) is 12.0 Å². The van der Waals surface area contributed by atoms with Crippen LogP contribution in [-0.4, -0.2) is 47.8 Å². The molecule has 5 rings (SSSR count). The summed E-state index contributed by atoms with van der Waals surface area (Å²) in [7, 11) is 0. The molecule has 3 aromatic rings. The van der Waals surface area contributed by atoms with E-state index in [9.17, 15) is 14.7 Å². The van der Waals surface area contributed by atoms with Gasteiger partial charge in [-0.2, -0.15) is 0 Å². The molecule has 0 radical (unpaired) electrons. The fraction of sp³-hybridized carbons (Fsp3) is 0.250. The van der Waals surface area contributed by atoms with Gasteiger partial charge in [-0.05, 0) is 17.5 Å². The summed E-state index contributed by atoms with van der Waals surface area (Å²) in [5.41, 5.74) is -0.508. The summed E-state index contributed by atoms with van der Waals surface area (Å²) >= 11 is 0. The van der Waals surface area contributed by atoms with Crippen molar-refractivity contribution < 1.29 is 24.2 Å². The molecule has 7 heteroatoms. The highest BCUT2D eigenvalue weighted by Gasteiger charge is 2.55. The molecule has 0 aliphatic carbocycles. The molecule has 0 saturated carbocycles. The fourth-order valence-corrected chi connectivity index (χ4v) is 4.31. The number of aliphatic hydroxyl groups excluding tert-OH is 1. The van der Waals surface area contributed by atoms with E-state index in [2.05, 4.69) is 5.32 Å².